The van der Waals surface area contributed by atoms with Gasteiger partial charge in [-0.1, -0.05) is 18.2 Å². The molecule has 1 saturated carbocycles. The number of amides is 1. The van der Waals surface area contributed by atoms with Gasteiger partial charge in [0, 0.05) is 35.8 Å². The molecule has 2 aromatic rings. The van der Waals surface area contributed by atoms with Crippen LogP contribution in [0.4, 0.5) is 4.39 Å². The predicted octanol–water partition coefficient (Wildman–Crippen LogP) is 3.66. The van der Waals surface area contributed by atoms with Crippen LogP contribution in [0, 0.1) is 11.7 Å². The number of nitrogens with one attached hydrogen (secondary N) is 1. The van der Waals surface area contributed by atoms with Crippen LogP contribution >= 0.6 is 0 Å². The first-order chi connectivity index (χ1) is 12.7. The fraction of sp³-hybridized carbons (Fsp3) is 0.381. The van der Waals surface area contributed by atoms with E-state index in [1.807, 2.05) is 24.3 Å². The standard InChI is InChI=1S/C21H22FNO3/c22-19-8-7-15(9-16(19)12-25-11-14-5-6-14)21(24)23-10-17-13-26-20-4-2-1-3-18(17)20/h1-4,7-9,14,17H,5-6,10-13H2,(H,23,24). The minimum Gasteiger partial charge on any atom is -0.493 e. The van der Waals surface area contributed by atoms with Gasteiger partial charge in [-0.3, -0.25) is 4.79 Å². The molecule has 4 nitrogen and oxygen atoms in total. The molecule has 2 aromatic carbocycles. The third-order valence-electron chi connectivity index (χ3n) is 4.92. The molecular formula is C21H22FNO3. The molecule has 1 N–H and O–H groups in total. The molecule has 2 aliphatic rings. The summed E-state index contributed by atoms with van der Waals surface area (Å²) in [6, 6.07) is 12.3. The van der Waals surface area contributed by atoms with Gasteiger partial charge < -0.3 is 14.8 Å². The average molecular weight is 355 g/mol. The fourth-order valence-electron chi connectivity index (χ4n) is 3.16. The number of halogens is 1. The first-order valence-electron chi connectivity index (χ1n) is 9.07. The molecule has 1 heterocycles. The number of carbonyl (C=O) groups is 1. The summed E-state index contributed by atoms with van der Waals surface area (Å²) >= 11 is 0. The quantitative estimate of drug-likeness (QED) is 0.825. The van der Waals surface area contributed by atoms with E-state index in [2.05, 4.69) is 5.32 Å². The number of benzene rings is 2. The van der Waals surface area contributed by atoms with Crippen LogP contribution < -0.4 is 10.1 Å². The Hall–Kier alpha value is -2.40. The highest BCUT2D eigenvalue weighted by Gasteiger charge is 2.24. The number of hydrogen-bond donors (Lipinski definition) is 1. The topological polar surface area (TPSA) is 47.6 Å². The van der Waals surface area contributed by atoms with E-state index in [0.29, 0.717) is 36.8 Å². The predicted molar refractivity (Wildman–Crippen MR) is 95.8 cm³/mol. The van der Waals surface area contributed by atoms with Crippen molar-refractivity contribution in [2.24, 2.45) is 5.92 Å². The summed E-state index contributed by atoms with van der Waals surface area (Å²) in [5.41, 5.74) is 1.98. The lowest BCUT2D eigenvalue weighted by atomic mass is 10.0. The van der Waals surface area contributed by atoms with E-state index in [0.717, 1.165) is 11.3 Å². The molecule has 1 aliphatic carbocycles. The highest BCUT2D eigenvalue weighted by molar-refractivity contribution is 5.94. The van der Waals surface area contributed by atoms with Crippen molar-refractivity contribution in [2.45, 2.75) is 25.4 Å². The minimum atomic E-state index is -0.338. The van der Waals surface area contributed by atoms with E-state index < -0.39 is 0 Å². The van der Waals surface area contributed by atoms with Gasteiger partial charge in [-0.15, -0.1) is 0 Å². The summed E-state index contributed by atoms with van der Waals surface area (Å²) < 4.78 is 25.1. The SMILES string of the molecule is O=C(NCC1COc2ccccc21)c1ccc(F)c(COCC2CC2)c1. The molecule has 0 spiro atoms. The van der Waals surface area contributed by atoms with Crippen molar-refractivity contribution < 1.29 is 18.7 Å². The molecule has 1 fully saturated rings. The monoisotopic (exact) mass is 355 g/mol. The maximum absolute atomic E-state index is 13.9. The van der Waals surface area contributed by atoms with Gasteiger partial charge in [-0.05, 0) is 43.0 Å². The van der Waals surface area contributed by atoms with Crippen LogP contribution in [0.1, 0.15) is 40.2 Å². The Morgan fingerprint density at radius 2 is 2.08 bits per heavy atom. The highest BCUT2D eigenvalue weighted by Crippen LogP contribution is 2.33. The van der Waals surface area contributed by atoms with Crippen LogP contribution in [-0.2, 0) is 11.3 Å². The van der Waals surface area contributed by atoms with Crippen molar-refractivity contribution in [3.05, 3.63) is 65.0 Å². The number of ether oxygens (including phenoxy) is 2. The fourth-order valence-corrected chi connectivity index (χ4v) is 3.16. The van der Waals surface area contributed by atoms with E-state index in [1.165, 1.54) is 25.0 Å². The smallest absolute Gasteiger partial charge is 0.251 e. The minimum absolute atomic E-state index is 0.136. The van der Waals surface area contributed by atoms with Gasteiger partial charge in [0.25, 0.3) is 5.91 Å². The van der Waals surface area contributed by atoms with E-state index in [-0.39, 0.29) is 24.2 Å². The Morgan fingerprint density at radius 1 is 1.23 bits per heavy atom. The molecule has 1 unspecified atom stereocenters. The Bertz CT molecular complexity index is 804. The number of carbonyl (C=O) groups excluding carboxylic acids is 1. The van der Waals surface area contributed by atoms with Crippen molar-refractivity contribution in [3.63, 3.8) is 0 Å². The average Bonchev–Trinajstić information content (AvgIpc) is 3.39. The first-order valence-corrected chi connectivity index (χ1v) is 9.07. The van der Waals surface area contributed by atoms with Gasteiger partial charge in [0.05, 0.1) is 13.2 Å². The maximum Gasteiger partial charge on any atom is 0.251 e. The van der Waals surface area contributed by atoms with E-state index in [4.69, 9.17) is 9.47 Å². The zero-order valence-corrected chi connectivity index (χ0v) is 14.5. The van der Waals surface area contributed by atoms with Crippen LogP contribution in [0.3, 0.4) is 0 Å². The van der Waals surface area contributed by atoms with Gasteiger partial charge in [-0.25, -0.2) is 4.39 Å². The summed E-state index contributed by atoms with van der Waals surface area (Å²) in [5.74, 6) is 1.09. The molecule has 0 radical (unpaired) electrons. The van der Waals surface area contributed by atoms with Gasteiger partial charge in [0.15, 0.2) is 0 Å². The Kier molecular flexibility index (Phi) is 4.89. The number of rotatable bonds is 7. The van der Waals surface area contributed by atoms with Crippen LogP contribution in [-0.4, -0.2) is 25.7 Å². The molecule has 0 aromatic heterocycles. The molecule has 26 heavy (non-hydrogen) atoms. The number of fused-ring (bicyclic) bond motifs is 1. The second kappa shape index (κ2) is 7.46. The van der Waals surface area contributed by atoms with Crippen LogP contribution in [0.2, 0.25) is 0 Å². The first kappa shape index (κ1) is 17.0. The molecule has 0 bridgehead atoms. The van der Waals surface area contributed by atoms with Crippen LogP contribution in [0.25, 0.3) is 0 Å². The van der Waals surface area contributed by atoms with Crippen molar-refractivity contribution in [1.29, 1.82) is 0 Å². The van der Waals surface area contributed by atoms with Gasteiger partial charge in [-0.2, -0.15) is 0 Å². The lowest BCUT2D eigenvalue weighted by molar-refractivity contribution is 0.0948. The van der Waals surface area contributed by atoms with Gasteiger partial charge in [0.1, 0.15) is 11.6 Å². The van der Waals surface area contributed by atoms with Gasteiger partial charge in [0.2, 0.25) is 0 Å². The number of para-hydroxylation sites is 1. The normalized spacial score (nSPS) is 18.3. The molecule has 1 amide bonds. The summed E-state index contributed by atoms with van der Waals surface area (Å²) in [7, 11) is 0. The van der Waals surface area contributed by atoms with E-state index >= 15 is 0 Å². The van der Waals surface area contributed by atoms with E-state index in [9.17, 15) is 9.18 Å². The lowest BCUT2D eigenvalue weighted by Gasteiger charge is -2.12. The molecular weight excluding hydrogens is 333 g/mol. The van der Waals surface area contributed by atoms with E-state index in [1.54, 1.807) is 6.07 Å². The molecule has 1 atom stereocenters. The van der Waals surface area contributed by atoms with Crippen molar-refractivity contribution in [1.82, 2.24) is 5.32 Å². The van der Waals surface area contributed by atoms with Crippen LogP contribution in [0.5, 0.6) is 5.75 Å². The summed E-state index contributed by atoms with van der Waals surface area (Å²) in [6.45, 7) is 1.91. The summed E-state index contributed by atoms with van der Waals surface area (Å²) in [6.07, 6.45) is 2.39. The van der Waals surface area contributed by atoms with Crippen molar-refractivity contribution in [3.8, 4) is 5.75 Å². The second-order valence-corrected chi connectivity index (χ2v) is 7.02. The molecule has 5 heteroatoms. The zero-order chi connectivity index (χ0) is 17.9. The van der Waals surface area contributed by atoms with Gasteiger partial charge >= 0.3 is 0 Å². The van der Waals surface area contributed by atoms with Crippen LogP contribution in [0.15, 0.2) is 42.5 Å². The second-order valence-electron chi connectivity index (χ2n) is 7.02. The summed E-state index contributed by atoms with van der Waals surface area (Å²) in [4.78, 5) is 12.5. The highest BCUT2D eigenvalue weighted by atomic mass is 19.1. The molecule has 0 saturated heterocycles. The zero-order valence-electron chi connectivity index (χ0n) is 14.5. The Labute approximate surface area is 152 Å². The Balaban J connectivity index is 1.35. The lowest BCUT2D eigenvalue weighted by Crippen LogP contribution is -2.29. The van der Waals surface area contributed by atoms with Crippen molar-refractivity contribution in [2.75, 3.05) is 19.8 Å². The largest absolute Gasteiger partial charge is 0.493 e. The third kappa shape index (κ3) is 3.88. The summed E-state index contributed by atoms with van der Waals surface area (Å²) in [5, 5.41) is 2.93. The molecule has 136 valence electrons. The van der Waals surface area contributed by atoms with Crippen molar-refractivity contribution >= 4 is 5.91 Å². The molecule has 4 rings (SSSR count). The third-order valence-corrected chi connectivity index (χ3v) is 4.92. The Morgan fingerprint density at radius 3 is 2.92 bits per heavy atom. The molecule has 1 aliphatic heterocycles. The maximum atomic E-state index is 13.9. The number of hydrogen-bond acceptors (Lipinski definition) is 3.